The Morgan fingerprint density at radius 2 is 1.18 bits per heavy atom. The van der Waals surface area contributed by atoms with Crippen LogP contribution in [0.25, 0.3) is 0 Å². The van der Waals surface area contributed by atoms with E-state index in [0.29, 0.717) is 21.2 Å². The van der Waals surface area contributed by atoms with Crippen molar-refractivity contribution >= 4 is 40.7 Å². The van der Waals surface area contributed by atoms with E-state index in [1.54, 1.807) is 60.7 Å². The number of hydrogen-bond donors (Lipinski definition) is 0. The fourth-order valence-electron chi connectivity index (χ4n) is 2.54. The second-order valence-corrected chi connectivity index (χ2v) is 6.76. The van der Waals surface area contributed by atoms with E-state index in [0.717, 1.165) is 0 Å². The molecule has 0 atom stereocenters. The molecule has 3 rings (SSSR count). The number of ether oxygens (including phenoxy) is 1. The van der Waals surface area contributed by atoms with Gasteiger partial charge in [-0.05, 0) is 54.6 Å². The van der Waals surface area contributed by atoms with Crippen LogP contribution in [0.15, 0.2) is 72.8 Å². The highest BCUT2D eigenvalue weighted by Crippen LogP contribution is 2.18. The van der Waals surface area contributed by atoms with Crippen molar-refractivity contribution in [3.05, 3.63) is 105 Å². The standard InChI is InChI=1S/C22H14Cl2O4/c23-16-9-5-14(6-10-16)20(25)13-28-22(27)19-4-2-1-3-18(19)21(26)15-7-11-17(24)12-8-15/h1-12H,13H2. The summed E-state index contributed by atoms with van der Waals surface area (Å²) < 4.78 is 5.13. The fraction of sp³-hybridized carbons (Fsp3) is 0.0455. The summed E-state index contributed by atoms with van der Waals surface area (Å²) in [6.45, 7) is -0.441. The molecular weight excluding hydrogens is 399 g/mol. The van der Waals surface area contributed by atoms with Gasteiger partial charge in [-0.15, -0.1) is 0 Å². The summed E-state index contributed by atoms with van der Waals surface area (Å²) in [5.74, 6) is -1.46. The minimum Gasteiger partial charge on any atom is -0.454 e. The Bertz CT molecular complexity index is 1030. The average Bonchev–Trinajstić information content (AvgIpc) is 2.72. The van der Waals surface area contributed by atoms with Gasteiger partial charge in [0.15, 0.2) is 18.2 Å². The fourth-order valence-corrected chi connectivity index (χ4v) is 2.80. The number of halogens is 2. The van der Waals surface area contributed by atoms with Gasteiger partial charge < -0.3 is 4.74 Å². The largest absolute Gasteiger partial charge is 0.454 e. The Kier molecular flexibility index (Phi) is 6.24. The molecular formula is C22H14Cl2O4. The molecule has 0 amide bonds. The first kappa shape index (κ1) is 19.8. The summed E-state index contributed by atoms with van der Waals surface area (Å²) in [6.07, 6.45) is 0. The summed E-state index contributed by atoms with van der Waals surface area (Å²) in [5, 5.41) is 1.01. The van der Waals surface area contributed by atoms with E-state index in [1.165, 1.54) is 12.1 Å². The van der Waals surface area contributed by atoms with E-state index < -0.39 is 12.6 Å². The Morgan fingerprint density at radius 3 is 1.75 bits per heavy atom. The Labute approximate surface area is 171 Å². The van der Waals surface area contributed by atoms with Crippen LogP contribution in [0.5, 0.6) is 0 Å². The molecule has 0 N–H and O–H groups in total. The molecule has 0 saturated heterocycles. The number of Topliss-reactive ketones (excluding diaryl/α,β-unsaturated/α-hetero) is 1. The number of carbonyl (C=O) groups excluding carboxylic acids is 3. The normalized spacial score (nSPS) is 10.4. The molecule has 0 aliphatic carbocycles. The third-order valence-corrected chi connectivity index (χ3v) is 4.50. The minimum atomic E-state index is -0.750. The minimum absolute atomic E-state index is 0.0892. The van der Waals surface area contributed by atoms with Gasteiger partial charge in [-0.2, -0.15) is 0 Å². The van der Waals surface area contributed by atoms with E-state index in [4.69, 9.17) is 27.9 Å². The first-order valence-corrected chi connectivity index (χ1v) is 9.06. The number of rotatable bonds is 6. The van der Waals surface area contributed by atoms with Gasteiger partial charge in [0.05, 0.1) is 5.56 Å². The van der Waals surface area contributed by atoms with Crippen molar-refractivity contribution in [3.8, 4) is 0 Å². The van der Waals surface area contributed by atoms with Gasteiger partial charge in [-0.25, -0.2) is 4.79 Å². The van der Waals surface area contributed by atoms with Crippen molar-refractivity contribution in [2.45, 2.75) is 0 Å². The smallest absolute Gasteiger partial charge is 0.339 e. The molecule has 3 aromatic carbocycles. The van der Waals surface area contributed by atoms with E-state index in [1.807, 2.05) is 0 Å². The van der Waals surface area contributed by atoms with E-state index in [2.05, 4.69) is 0 Å². The zero-order valence-corrected chi connectivity index (χ0v) is 16.0. The summed E-state index contributed by atoms with van der Waals surface area (Å²) in [6, 6.07) is 18.9. The van der Waals surface area contributed by atoms with Gasteiger partial charge in [0.1, 0.15) is 0 Å². The van der Waals surface area contributed by atoms with E-state index >= 15 is 0 Å². The number of ketones is 2. The molecule has 0 fully saturated rings. The summed E-state index contributed by atoms with van der Waals surface area (Å²) in [5.41, 5.74) is 1.05. The Balaban J connectivity index is 1.75. The number of carbonyl (C=O) groups is 3. The van der Waals surface area contributed by atoms with Crippen LogP contribution in [-0.4, -0.2) is 24.1 Å². The molecule has 0 spiro atoms. The topological polar surface area (TPSA) is 60.4 Å². The van der Waals surface area contributed by atoms with Gasteiger partial charge >= 0.3 is 5.97 Å². The van der Waals surface area contributed by atoms with Crippen molar-refractivity contribution in [3.63, 3.8) is 0 Å². The second-order valence-electron chi connectivity index (χ2n) is 5.89. The van der Waals surface area contributed by atoms with Gasteiger partial charge in [0.25, 0.3) is 0 Å². The molecule has 140 valence electrons. The van der Waals surface area contributed by atoms with Crippen LogP contribution < -0.4 is 0 Å². The Hall–Kier alpha value is -2.95. The highest BCUT2D eigenvalue weighted by atomic mass is 35.5. The molecule has 0 heterocycles. The summed E-state index contributed by atoms with van der Waals surface area (Å²) >= 11 is 11.6. The monoisotopic (exact) mass is 412 g/mol. The van der Waals surface area contributed by atoms with Crippen LogP contribution in [0.1, 0.15) is 36.6 Å². The van der Waals surface area contributed by atoms with E-state index in [-0.39, 0.29) is 22.7 Å². The van der Waals surface area contributed by atoms with Crippen LogP contribution in [0, 0.1) is 0 Å². The second kappa shape index (κ2) is 8.83. The lowest BCUT2D eigenvalue weighted by Gasteiger charge is -2.09. The van der Waals surface area contributed by atoms with Crippen LogP contribution in [0.3, 0.4) is 0 Å². The lowest BCUT2D eigenvalue weighted by Crippen LogP contribution is -2.17. The quantitative estimate of drug-likeness (QED) is 0.408. The van der Waals surface area contributed by atoms with Gasteiger partial charge in [-0.3, -0.25) is 9.59 Å². The van der Waals surface area contributed by atoms with Crippen LogP contribution in [-0.2, 0) is 4.74 Å². The maximum absolute atomic E-state index is 12.7. The van der Waals surface area contributed by atoms with E-state index in [9.17, 15) is 14.4 Å². The highest BCUT2D eigenvalue weighted by Gasteiger charge is 2.20. The number of benzene rings is 3. The zero-order valence-electron chi connectivity index (χ0n) is 14.5. The zero-order chi connectivity index (χ0) is 20.1. The summed E-state index contributed by atoms with van der Waals surface area (Å²) in [4.78, 5) is 37.4. The first-order valence-electron chi connectivity index (χ1n) is 8.31. The average molecular weight is 413 g/mol. The van der Waals surface area contributed by atoms with Crippen LogP contribution >= 0.6 is 23.2 Å². The lowest BCUT2D eigenvalue weighted by atomic mass is 9.98. The first-order chi connectivity index (χ1) is 13.5. The third kappa shape index (κ3) is 4.66. The number of esters is 1. The van der Waals surface area contributed by atoms with Gasteiger partial charge in [0.2, 0.25) is 0 Å². The highest BCUT2D eigenvalue weighted by molar-refractivity contribution is 6.31. The molecule has 0 radical (unpaired) electrons. The maximum Gasteiger partial charge on any atom is 0.339 e. The SMILES string of the molecule is O=C(COC(=O)c1ccccc1C(=O)c1ccc(Cl)cc1)c1ccc(Cl)cc1. The predicted octanol–water partition coefficient (Wildman–Crippen LogP) is 5.26. The molecule has 0 saturated carbocycles. The molecule has 0 unspecified atom stereocenters. The molecule has 0 bridgehead atoms. The third-order valence-electron chi connectivity index (χ3n) is 4.00. The van der Waals surface area contributed by atoms with Crippen molar-refractivity contribution in [1.29, 1.82) is 0 Å². The molecule has 3 aromatic rings. The molecule has 6 heteroatoms. The van der Waals surface area contributed by atoms with Crippen molar-refractivity contribution < 1.29 is 19.1 Å². The van der Waals surface area contributed by atoms with Crippen molar-refractivity contribution in [2.75, 3.05) is 6.61 Å². The molecule has 0 aromatic heterocycles. The molecule has 0 aliphatic heterocycles. The predicted molar refractivity (Wildman–Crippen MR) is 107 cm³/mol. The van der Waals surface area contributed by atoms with Crippen molar-refractivity contribution in [2.24, 2.45) is 0 Å². The maximum atomic E-state index is 12.7. The molecule has 28 heavy (non-hydrogen) atoms. The van der Waals surface area contributed by atoms with Gasteiger partial charge in [-0.1, -0.05) is 41.4 Å². The van der Waals surface area contributed by atoms with Gasteiger partial charge in [0, 0.05) is 26.7 Å². The lowest BCUT2D eigenvalue weighted by molar-refractivity contribution is 0.0473. The molecule has 0 aliphatic rings. The number of hydrogen-bond acceptors (Lipinski definition) is 4. The van der Waals surface area contributed by atoms with Crippen molar-refractivity contribution in [1.82, 2.24) is 0 Å². The van der Waals surface area contributed by atoms with Crippen LogP contribution in [0.2, 0.25) is 10.0 Å². The molecule has 4 nitrogen and oxygen atoms in total. The summed E-state index contributed by atoms with van der Waals surface area (Å²) in [7, 11) is 0. The Morgan fingerprint density at radius 1 is 0.679 bits per heavy atom. The van der Waals surface area contributed by atoms with Crippen LogP contribution in [0.4, 0.5) is 0 Å².